The summed E-state index contributed by atoms with van der Waals surface area (Å²) in [5.41, 5.74) is 2.48. The van der Waals surface area contributed by atoms with Crippen LogP contribution in [0.4, 0.5) is 0 Å². The Morgan fingerprint density at radius 2 is 2.31 bits per heavy atom. The Labute approximate surface area is 102 Å². The molecule has 1 unspecified atom stereocenters. The highest BCUT2D eigenvalue weighted by Gasteiger charge is 2.19. The fourth-order valence-electron chi connectivity index (χ4n) is 2.01. The normalized spacial score (nSPS) is 21.6. The van der Waals surface area contributed by atoms with Crippen LogP contribution in [0.1, 0.15) is 37.1 Å². The molecule has 16 heavy (non-hydrogen) atoms. The second-order valence-electron chi connectivity index (χ2n) is 4.87. The quantitative estimate of drug-likeness (QED) is 0.850. The maximum Gasteiger partial charge on any atom is 0.124 e. The fourth-order valence-corrected chi connectivity index (χ4v) is 2.95. The zero-order chi connectivity index (χ0) is 11.5. The molecule has 4 heteroatoms. The molecule has 0 saturated carbocycles. The average molecular weight is 239 g/mol. The van der Waals surface area contributed by atoms with Crippen LogP contribution in [0.15, 0.2) is 0 Å². The lowest BCUT2D eigenvalue weighted by Gasteiger charge is -2.20. The number of hydrogen-bond donors (Lipinski definition) is 2. The molecular weight excluding hydrogens is 218 g/mol. The van der Waals surface area contributed by atoms with E-state index in [9.17, 15) is 0 Å². The lowest BCUT2D eigenvalue weighted by atomic mass is 10.1. The van der Waals surface area contributed by atoms with E-state index < -0.39 is 0 Å². The van der Waals surface area contributed by atoms with Gasteiger partial charge in [-0.1, -0.05) is 13.8 Å². The molecule has 1 atom stereocenters. The number of nitrogens with zero attached hydrogens (tertiary/aromatic N) is 1. The predicted octanol–water partition coefficient (Wildman–Crippen LogP) is 2.29. The number of rotatable bonds is 3. The number of hydrogen-bond acceptors (Lipinski definition) is 3. The Morgan fingerprint density at radius 3 is 2.94 bits per heavy atom. The van der Waals surface area contributed by atoms with E-state index in [4.69, 9.17) is 4.98 Å². The van der Waals surface area contributed by atoms with Gasteiger partial charge in [-0.2, -0.15) is 11.8 Å². The second-order valence-corrected chi connectivity index (χ2v) is 6.02. The lowest BCUT2D eigenvalue weighted by Crippen LogP contribution is -2.31. The van der Waals surface area contributed by atoms with Crippen molar-refractivity contribution >= 4 is 11.8 Å². The van der Waals surface area contributed by atoms with Crippen LogP contribution in [0.2, 0.25) is 0 Å². The Hall–Kier alpha value is -0.480. The molecular formula is C12H21N3S. The molecule has 1 fully saturated rings. The van der Waals surface area contributed by atoms with E-state index in [2.05, 4.69) is 31.1 Å². The SMILES string of the molecule is Cc1[nH]c(C2CSCCN2)nc1CC(C)C. The molecule has 1 aliphatic rings. The summed E-state index contributed by atoms with van der Waals surface area (Å²) in [6.45, 7) is 7.70. The number of H-pyrrole nitrogens is 1. The van der Waals surface area contributed by atoms with Gasteiger partial charge in [-0.25, -0.2) is 4.98 Å². The average Bonchev–Trinajstić information content (AvgIpc) is 2.61. The molecule has 1 aromatic heterocycles. The van der Waals surface area contributed by atoms with Crippen LogP contribution in [0.3, 0.4) is 0 Å². The van der Waals surface area contributed by atoms with Gasteiger partial charge in [0, 0.05) is 23.7 Å². The van der Waals surface area contributed by atoms with E-state index in [0.29, 0.717) is 12.0 Å². The highest BCUT2D eigenvalue weighted by molar-refractivity contribution is 7.99. The summed E-state index contributed by atoms with van der Waals surface area (Å²) in [6, 6.07) is 0.415. The molecule has 0 radical (unpaired) electrons. The third kappa shape index (κ3) is 2.80. The maximum atomic E-state index is 4.74. The van der Waals surface area contributed by atoms with Crippen molar-refractivity contribution in [2.75, 3.05) is 18.1 Å². The number of aromatic amines is 1. The first-order chi connectivity index (χ1) is 7.66. The van der Waals surface area contributed by atoms with Gasteiger partial charge in [0.2, 0.25) is 0 Å². The summed E-state index contributed by atoms with van der Waals surface area (Å²) < 4.78 is 0. The van der Waals surface area contributed by atoms with Gasteiger partial charge in [-0.05, 0) is 19.3 Å². The maximum absolute atomic E-state index is 4.74. The first-order valence-electron chi connectivity index (χ1n) is 6.03. The number of imidazole rings is 1. The number of aromatic nitrogens is 2. The van der Waals surface area contributed by atoms with Gasteiger partial charge >= 0.3 is 0 Å². The van der Waals surface area contributed by atoms with Crippen molar-refractivity contribution in [2.24, 2.45) is 5.92 Å². The molecule has 0 bridgehead atoms. The van der Waals surface area contributed by atoms with Gasteiger partial charge in [0.05, 0.1) is 11.7 Å². The van der Waals surface area contributed by atoms with E-state index in [1.54, 1.807) is 0 Å². The summed E-state index contributed by atoms with van der Waals surface area (Å²) in [7, 11) is 0. The summed E-state index contributed by atoms with van der Waals surface area (Å²) in [4.78, 5) is 8.18. The molecule has 1 saturated heterocycles. The summed E-state index contributed by atoms with van der Waals surface area (Å²) in [5.74, 6) is 4.15. The first-order valence-corrected chi connectivity index (χ1v) is 7.18. The van der Waals surface area contributed by atoms with Crippen LogP contribution in [-0.2, 0) is 6.42 Å². The molecule has 0 aromatic carbocycles. The van der Waals surface area contributed by atoms with E-state index in [0.717, 1.165) is 24.5 Å². The van der Waals surface area contributed by atoms with E-state index >= 15 is 0 Å². The van der Waals surface area contributed by atoms with Gasteiger partial charge in [0.1, 0.15) is 5.82 Å². The molecule has 3 nitrogen and oxygen atoms in total. The lowest BCUT2D eigenvalue weighted by molar-refractivity contribution is 0.565. The van der Waals surface area contributed by atoms with Crippen LogP contribution in [0.25, 0.3) is 0 Å². The molecule has 1 aliphatic heterocycles. The monoisotopic (exact) mass is 239 g/mol. The van der Waals surface area contributed by atoms with Crippen molar-refractivity contribution in [3.8, 4) is 0 Å². The number of nitrogens with one attached hydrogen (secondary N) is 2. The molecule has 2 N–H and O–H groups in total. The smallest absolute Gasteiger partial charge is 0.124 e. The minimum atomic E-state index is 0.415. The summed E-state index contributed by atoms with van der Waals surface area (Å²) in [5, 5.41) is 3.51. The van der Waals surface area contributed by atoms with Gasteiger partial charge in [0.15, 0.2) is 0 Å². The number of aryl methyl sites for hydroxylation is 1. The van der Waals surface area contributed by atoms with E-state index in [1.807, 2.05) is 11.8 Å². The van der Waals surface area contributed by atoms with E-state index in [1.165, 1.54) is 17.1 Å². The Balaban J connectivity index is 2.09. The van der Waals surface area contributed by atoms with Crippen molar-refractivity contribution in [1.29, 1.82) is 0 Å². The summed E-state index contributed by atoms with van der Waals surface area (Å²) >= 11 is 2.00. The third-order valence-corrected chi connectivity index (χ3v) is 3.92. The highest BCUT2D eigenvalue weighted by atomic mass is 32.2. The first kappa shape index (κ1) is 12.0. The largest absolute Gasteiger partial charge is 0.345 e. The molecule has 0 aliphatic carbocycles. The van der Waals surface area contributed by atoms with Gasteiger partial charge in [-0.3, -0.25) is 0 Å². The number of thioether (sulfide) groups is 1. The van der Waals surface area contributed by atoms with Crippen molar-refractivity contribution in [3.63, 3.8) is 0 Å². The zero-order valence-corrected chi connectivity index (χ0v) is 11.2. The zero-order valence-electron chi connectivity index (χ0n) is 10.3. The fraction of sp³-hybridized carbons (Fsp3) is 0.750. The Morgan fingerprint density at radius 1 is 1.50 bits per heavy atom. The summed E-state index contributed by atoms with van der Waals surface area (Å²) in [6.07, 6.45) is 1.07. The van der Waals surface area contributed by atoms with Crippen molar-refractivity contribution in [2.45, 2.75) is 33.2 Å². The molecule has 2 heterocycles. The Kier molecular flexibility index (Phi) is 3.92. The predicted molar refractivity (Wildman–Crippen MR) is 69.9 cm³/mol. The van der Waals surface area contributed by atoms with Gasteiger partial charge in [-0.15, -0.1) is 0 Å². The third-order valence-electron chi connectivity index (χ3n) is 2.86. The minimum absolute atomic E-state index is 0.415. The Bertz CT molecular complexity index is 340. The van der Waals surface area contributed by atoms with E-state index in [-0.39, 0.29) is 0 Å². The van der Waals surface area contributed by atoms with Crippen LogP contribution in [0.5, 0.6) is 0 Å². The molecule has 0 spiro atoms. The molecule has 2 rings (SSSR count). The van der Waals surface area contributed by atoms with Crippen molar-refractivity contribution < 1.29 is 0 Å². The molecule has 90 valence electrons. The van der Waals surface area contributed by atoms with Crippen molar-refractivity contribution in [1.82, 2.24) is 15.3 Å². The standard InChI is InChI=1S/C12H21N3S/c1-8(2)6-10-9(3)14-12(15-10)11-7-16-5-4-13-11/h8,11,13H,4-7H2,1-3H3,(H,14,15). The topological polar surface area (TPSA) is 40.7 Å². The van der Waals surface area contributed by atoms with Crippen molar-refractivity contribution in [3.05, 3.63) is 17.2 Å². The van der Waals surface area contributed by atoms with Crippen LogP contribution in [0, 0.1) is 12.8 Å². The van der Waals surface area contributed by atoms with Crippen LogP contribution in [-0.4, -0.2) is 28.0 Å². The second kappa shape index (κ2) is 5.23. The van der Waals surface area contributed by atoms with Gasteiger partial charge in [0.25, 0.3) is 0 Å². The van der Waals surface area contributed by atoms with Crippen LogP contribution >= 0.6 is 11.8 Å². The molecule has 0 amide bonds. The van der Waals surface area contributed by atoms with Gasteiger partial charge < -0.3 is 10.3 Å². The minimum Gasteiger partial charge on any atom is -0.345 e. The highest BCUT2D eigenvalue weighted by Crippen LogP contribution is 2.21. The van der Waals surface area contributed by atoms with Crippen LogP contribution < -0.4 is 5.32 Å². The molecule has 1 aromatic rings.